The minimum absolute atomic E-state index is 0.239. The number of allylic oxidation sites excluding steroid dienone is 1. The van der Waals surface area contributed by atoms with E-state index in [0.717, 1.165) is 25.9 Å². The minimum Gasteiger partial charge on any atom is -0.368 e. The van der Waals surface area contributed by atoms with Crippen LogP contribution in [0.2, 0.25) is 0 Å². The molecule has 0 spiro atoms. The third-order valence-electron chi connectivity index (χ3n) is 3.75. The van der Waals surface area contributed by atoms with Gasteiger partial charge in [0.05, 0.1) is 12.1 Å². The highest BCUT2D eigenvalue weighted by atomic mass is 32.2. The number of primary amides is 1. The van der Waals surface area contributed by atoms with Crippen molar-refractivity contribution in [3.8, 4) is 0 Å². The van der Waals surface area contributed by atoms with E-state index in [0.29, 0.717) is 6.04 Å². The molecule has 5 nitrogen and oxygen atoms in total. The second-order valence-electron chi connectivity index (χ2n) is 5.47. The van der Waals surface area contributed by atoms with Crippen molar-refractivity contribution >= 4 is 22.8 Å². The molecule has 0 radical (unpaired) electrons. The van der Waals surface area contributed by atoms with Crippen molar-refractivity contribution in [2.24, 2.45) is 10.7 Å². The number of nitrogens with one attached hydrogen (secondary N) is 1. The predicted octanol–water partition coefficient (Wildman–Crippen LogP) is 1.27. The van der Waals surface area contributed by atoms with E-state index in [9.17, 15) is 4.79 Å². The van der Waals surface area contributed by atoms with Crippen LogP contribution in [-0.2, 0) is 4.79 Å². The number of amidine groups is 1. The van der Waals surface area contributed by atoms with Crippen molar-refractivity contribution in [2.75, 3.05) is 13.1 Å². The van der Waals surface area contributed by atoms with Crippen LogP contribution in [0.3, 0.4) is 0 Å². The van der Waals surface area contributed by atoms with Gasteiger partial charge in [0.1, 0.15) is 0 Å². The Kier molecular flexibility index (Phi) is 4.20. The third-order valence-corrected chi connectivity index (χ3v) is 4.77. The topological polar surface area (TPSA) is 70.7 Å². The highest BCUT2D eigenvalue weighted by molar-refractivity contribution is 8.16. The molecule has 0 saturated carbocycles. The van der Waals surface area contributed by atoms with Crippen LogP contribution in [0.15, 0.2) is 16.1 Å². The van der Waals surface area contributed by atoms with Gasteiger partial charge in [-0.1, -0.05) is 11.8 Å². The summed E-state index contributed by atoms with van der Waals surface area (Å²) in [7, 11) is 0. The maximum atomic E-state index is 10.8. The molecule has 6 heteroatoms. The molecule has 0 aromatic carbocycles. The van der Waals surface area contributed by atoms with Crippen molar-refractivity contribution in [1.29, 1.82) is 0 Å². The molecule has 3 aliphatic rings. The van der Waals surface area contributed by atoms with E-state index in [2.05, 4.69) is 34.5 Å². The summed E-state index contributed by atoms with van der Waals surface area (Å²) in [6.07, 6.45) is 1.91. The van der Waals surface area contributed by atoms with Crippen LogP contribution < -0.4 is 11.1 Å². The number of rotatable bonds is 1. The largest absolute Gasteiger partial charge is 0.368 e. The molecule has 0 unspecified atom stereocenters. The number of hydrogen-bond acceptors (Lipinski definition) is 5. The number of hydrogen-bond donors (Lipinski definition) is 2. The predicted molar refractivity (Wildman–Crippen MR) is 79.8 cm³/mol. The fourth-order valence-corrected chi connectivity index (χ4v) is 3.38. The number of nitrogens with two attached hydrogens (primary N) is 1. The molecule has 3 N–H and O–H groups in total. The lowest BCUT2D eigenvalue weighted by Crippen LogP contribution is -2.50. The van der Waals surface area contributed by atoms with E-state index in [1.165, 1.54) is 10.9 Å². The number of fused-ring (bicyclic) bond motifs is 1. The van der Waals surface area contributed by atoms with Crippen molar-refractivity contribution < 1.29 is 4.79 Å². The van der Waals surface area contributed by atoms with Gasteiger partial charge in [-0.25, -0.2) is 0 Å². The second-order valence-corrected chi connectivity index (χ2v) is 6.31. The smallest absolute Gasteiger partial charge is 0.237 e. The summed E-state index contributed by atoms with van der Waals surface area (Å²) >= 11 is 1.73. The van der Waals surface area contributed by atoms with Gasteiger partial charge in [0, 0.05) is 18.3 Å². The van der Waals surface area contributed by atoms with Crippen LogP contribution in [0.5, 0.6) is 0 Å². The quantitative estimate of drug-likeness (QED) is 0.760. The normalized spacial score (nSPS) is 32.4. The molecule has 3 rings (SSSR count). The van der Waals surface area contributed by atoms with E-state index in [1.54, 1.807) is 11.8 Å². The molecule has 1 fully saturated rings. The molecule has 19 heavy (non-hydrogen) atoms. The Bertz CT molecular complexity index is 434. The molecule has 3 heterocycles. The lowest BCUT2D eigenvalue weighted by molar-refractivity contribution is -0.123. The van der Waals surface area contributed by atoms with Crippen molar-refractivity contribution in [3.05, 3.63) is 11.1 Å². The average molecular weight is 282 g/mol. The minimum atomic E-state index is -0.445. The molecular weight excluding hydrogens is 260 g/mol. The van der Waals surface area contributed by atoms with Gasteiger partial charge < -0.3 is 16.0 Å². The number of carbonyl (C=O) groups excluding carboxylic acids is 1. The highest BCUT2D eigenvalue weighted by Gasteiger charge is 2.37. The Labute approximate surface area is 118 Å². The van der Waals surface area contributed by atoms with E-state index in [-0.39, 0.29) is 5.91 Å². The van der Waals surface area contributed by atoms with Crippen molar-refractivity contribution in [2.45, 2.75) is 45.2 Å². The number of amides is 1. The summed E-state index contributed by atoms with van der Waals surface area (Å²) in [5, 5.41) is 6.49. The fraction of sp³-hybridized carbons (Fsp3) is 0.692. The summed E-state index contributed by atoms with van der Waals surface area (Å²) in [4.78, 5) is 17.4. The van der Waals surface area contributed by atoms with Gasteiger partial charge >= 0.3 is 0 Å². The second kappa shape index (κ2) is 5.54. The van der Waals surface area contributed by atoms with E-state index in [4.69, 9.17) is 5.73 Å². The van der Waals surface area contributed by atoms with Crippen LogP contribution in [0.25, 0.3) is 0 Å². The van der Waals surface area contributed by atoms with Crippen molar-refractivity contribution in [1.82, 2.24) is 10.2 Å². The first kappa shape index (κ1) is 14.4. The average Bonchev–Trinajstić information content (AvgIpc) is 3.00. The molecule has 0 aromatic rings. The van der Waals surface area contributed by atoms with Crippen LogP contribution in [0.1, 0.15) is 33.6 Å². The van der Waals surface area contributed by atoms with Gasteiger partial charge in [0.2, 0.25) is 5.91 Å². The Balaban J connectivity index is 0.000000141. The number of carbonyl (C=O) groups is 1. The number of thioether (sulfide) groups is 1. The first-order chi connectivity index (χ1) is 8.92. The van der Waals surface area contributed by atoms with Crippen molar-refractivity contribution in [3.63, 3.8) is 0 Å². The summed E-state index contributed by atoms with van der Waals surface area (Å²) in [6, 6.07) is 0.428. The summed E-state index contributed by atoms with van der Waals surface area (Å²) in [5.74, 6) is -0.239. The monoisotopic (exact) mass is 282 g/mol. The summed E-state index contributed by atoms with van der Waals surface area (Å²) in [6.45, 7) is 8.12. The van der Waals surface area contributed by atoms with E-state index >= 15 is 0 Å². The van der Waals surface area contributed by atoms with Crippen LogP contribution in [0, 0.1) is 0 Å². The van der Waals surface area contributed by atoms with Gasteiger partial charge in [-0.3, -0.25) is 9.79 Å². The summed E-state index contributed by atoms with van der Waals surface area (Å²) in [5.41, 5.74) is 6.09. The standard InChI is InChI=1S/C7H14N2O.C6H8N2S/c1-5-3-4-7(2,9-5)6(8)10;1-5-4-9-6-7-2-3-8(5)6/h5,9H,3-4H2,1-2H3,(H2,8,10);4H,2-3H2,1H3/t5-,7-;/m0./s1. The molecule has 0 aromatic heterocycles. The molecule has 2 atom stereocenters. The molecular formula is C13H22N4OS. The lowest BCUT2D eigenvalue weighted by atomic mass is 10.0. The zero-order valence-electron chi connectivity index (χ0n) is 11.8. The Morgan fingerprint density at radius 1 is 1.68 bits per heavy atom. The maximum absolute atomic E-state index is 10.8. The first-order valence-corrected chi connectivity index (χ1v) is 7.53. The molecule has 106 valence electrons. The SMILES string of the molecule is CC1=CSC2=NCCN12.C[C@H]1CC[C@@](C)(C(N)=O)N1. The Morgan fingerprint density at radius 2 is 2.42 bits per heavy atom. The highest BCUT2D eigenvalue weighted by Crippen LogP contribution is 2.28. The zero-order chi connectivity index (χ0) is 14.0. The first-order valence-electron chi connectivity index (χ1n) is 6.65. The van der Waals surface area contributed by atoms with Crippen LogP contribution in [-0.4, -0.2) is 40.6 Å². The van der Waals surface area contributed by atoms with Gasteiger partial charge in [-0.05, 0) is 39.0 Å². The maximum Gasteiger partial charge on any atom is 0.237 e. The molecule has 0 bridgehead atoms. The van der Waals surface area contributed by atoms with Gasteiger partial charge in [0.15, 0.2) is 5.17 Å². The number of nitrogens with zero attached hydrogens (tertiary/aromatic N) is 2. The fourth-order valence-electron chi connectivity index (χ4n) is 2.44. The molecule has 1 amide bonds. The van der Waals surface area contributed by atoms with E-state index in [1.807, 2.05) is 6.92 Å². The molecule has 0 aliphatic carbocycles. The Morgan fingerprint density at radius 3 is 2.89 bits per heavy atom. The molecule has 3 aliphatic heterocycles. The van der Waals surface area contributed by atoms with Gasteiger partial charge in [0.25, 0.3) is 0 Å². The van der Waals surface area contributed by atoms with Crippen LogP contribution in [0.4, 0.5) is 0 Å². The van der Waals surface area contributed by atoms with Gasteiger partial charge in [-0.15, -0.1) is 0 Å². The molecule has 1 saturated heterocycles. The van der Waals surface area contributed by atoms with Gasteiger partial charge in [-0.2, -0.15) is 0 Å². The third kappa shape index (κ3) is 3.12. The van der Waals surface area contributed by atoms with Crippen LogP contribution >= 0.6 is 11.8 Å². The number of aliphatic imine (C=N–C) groups is 1. The lowest BCUT2D eigenvalue weighted by Gasteiger charge is -2.20. The van der Waals surface area contributed by atoms with E-state index < -0.39 is 5.54 Å². The Hall–Kier alpha value is -1.01. The summed E-state index contributed by atoms with van der Waals surface area (Å²) < 4.78 is 0. The zero-order valence-corrected chi connectivity index (χ0v) is 12.6.